The van der Waals surface area contributed by atoms with Gasteiger partial charge < -0.3 is 10.3 Å². The van der Waals surface area contributed by atoms with Crippen LogP contribution in [0.1, 0.15) is 26.3 Å². The smallest absolute Gasteiger partial charge is 0.240 e. The van der Waals surface area contributed by atoms with Crippen LogP contribution in [0, 0.1) is 0 Å². The monoisotopic (exact) mass is 371 g/mol. The number of hydrogen-bond donors (Lipinski definition) is 4. The Balaban J connectivity index is 1.53. The molecular weight excluding hydrogens is 350 g/mol. The van der Waals surface area contributed by atoms with E-state index in [1.165, 1.54) is 11.8 Å². The van der Waals surface area contributed by atoms with Crippen molar-refractivity contribution in [1.29, 1.82) is 0 Å². The number of aromatic nitrogens is 4. The molecule has 0 saturated carbocycles. The van der Waals surface area contributed by atoms with Crippen LogP contribution >= 0.6 is 11.8 Å². The fraction of sp³-hybridized carbons (Fsp3) is 0.294. The van der Waals surface area contributed by atoms with Crippen LogP contribution in [0.25, 0.3) is 10.9 Å². The topological polar surface area (TPSA) is 111 Å². The molecule has 3 aromatic rings. The molecule has 2 heterocycles. The number of carbonyl (C=O) groups is 1. The summed E-state index contributed by atoms with van der Waals surface area (Å²) in [7, 11) is 0. The number of nitrogens with zero attached hydrogens (tertiary/aromatic N) is 3. The van der Waals surface area contributed by atoms with E-state index in [0.29, 0.717) is 11.1 Å². The molecule has 0 saturated heterocycles. The molecule has 26 heavy (non-hydrogen) atoms. The van der Waals surface area contributed by atoms with E-state index in [1.54, 1.807) is 6.21 Å². The predicted molar refractivity (Wildman–Crippen MR) is 105 cm³/mol. The van der Waals surface area contributed by atoms with Crippen LogP contribution in [-0.4, -0.2) is 43.6 Å². The number of H-pyrrole nitrogens is 2. The summed E-state index contributed by atoms with van der Waals surface area (Å²) in [6, 6.07) is 8.00. The average molecular weight is 371 g/mol. The highest BCUT2D eigenvalue weighted by molar-refractivity contribution is 7.99. The molecule has 1 amide bonds. The van der Waals surface area contributed by atoms with Gasteiger partial charge in [-0.3, -0.25) is 4.79 Å². The number of benzene rings is 1. The Hall–Kier alpha value is -2.81. The molecule has 0 radical (unpaired) electrons. The number of para-hydroxylation sites is 1. The minimum Gasteiger partial charge on any atom is -0.361 e. The molecule has 136 valence electrons. The largest absolute Gasteiger partial charge is 0.361 e. The molecule has 0 aliphatic carbocycles. The Morgan fingerprint density at radius 2 is 2.15 bits per heavy atom. The maximum Gasteiger partial charge on any atom is 0.240 e. The van der Waals surface area contributed by atoms with E-state index in [0.717, 1.165) is 16.5 Å². The minimum atomic E-state index is -0.250. The highest BCUT2D eigenvalue weighted by Gasteiger charge is 2.14. The third-order valence-electron chi connectivity index (χ3n) is 3.31. The molecule has 0 aliphatic rings. The summed E-state index contributed by atoms with van der Waals surface area (Å²) in [5.41, 5.74) is 4.59. The summed E-state index contributed by atoms with van der Waals surface area (Å²) in [5, 5.41) is 15.4. The van der Waals surface area contributed by atoms with Crippen LogP contribution in [0.4, 0.5) is 5.95 Å². The second-order valence-electron chi connectivity index (χ2n) is 6.71. The molecule has 0 aliphatic heterocycles. The van der Waals surface area contributed by atoms with E-state index < -0.39 is 0 Å². The number of rotatable bonds is 6. The highest BCUT2D eigenvalue weighted by Crippen LogP contribution is 2.16. The van der Waals surface area contributed by atoms with Gasteiger partial charge in [0, 0.05) is 28.2 Å². The van der Waals surface area contributed by atoms with Crippen molar-refractivity contribution in [2.24, 2.45) is 5.10 Å². The van der Waals surface area contributed by atoms with Gasteiger partial charge in [0.15, 0.2) is 0 Å². The van der Waals surface area contributed by atoms with Crippen LogP contribution in [0.3, 0.4) is 0 Å². The molecule has 3 rings (SSSR count). The zero-order valence-electron chi connectivity index (χ0n) is 14.8. The molecular formula is C17H21N7OS. The molecule has 0 fully saturated rings. The lowest BCUT2D eigenvalue weighted by atomic mass is 10.1. The van der Waals surface area contributed by atoms with Crippen molar-refractivity contribution >= 4 is 40.7 Å². The van der Waals surface area contributed by atoms with Crippen LogP contribution < -0.4 is 10.7 Å². The number of carbonyl (C=O) groups excluding carboxylic acids is 1. The van der Waals surface area contributed by atoms with Crippen molar-refractivity contribution in [3.8, 4) is 0 Å². The Morgan fingerprint density at radius 3 is 2.96 bits per heavy atom. The Morgan fingerprint density at radius 1 is 1.35 bits per heavy atom. The Labute approximate surface area is 155 Å². The van der Waals surface area contributed by atoms with Crippen molar-refractivity contribution in [2.45, 2.75) is 31.5 Å². The second kappa shape index (κ2) is 7.61. The van der Waals surface area contributed by atoms with Gasteiger partial charge in [-0.1, -0.05) is 30.0 Å². The van der Waals surface area contributed by atoms with Crippen molar-refractivity contribution in [3.05, 3.63) is 36.0 Å². The van der Waals surface area contributed by atoms with E-state index in [1.807, 2.05) is 51.2 Å². The van der Waals surface area contributed by atoms with Crippen molar-refractivity contribution in [1.82, 2.24) is 25.5 Å². The number of amides is 1. The summed E-state index contributed by atoms with van der Waals surface area (Å²) in [5.74, 6) is 0.617. The second-order valence-corrected chi connectivity index (χ2v) is 7.66. The molecule has 0 bridgehead atoms. The minimum absolute atomic E-state index is 0.0563. The summed E-state index contributed by atoms with van der Waals surface area (Å²) in [6.07, 6.45) is 3.61. The summed E-state index contributed by atoms with van der Waals surface area (Å²) in [4.78, 5) is 19.2. The lowest BCUT2D eigenvalue weighted by molar-refractivity contribution is -0.119. The number of aromatic amines is 2. The first kappa shape index (κ1) is 18.0. The first-order chi connectivity index (χ1) is 12.4. The van der Waals surface area contributed by atoms with E-state index in [2.05, 4.69) is 36.0 Å². The fourth-order valence-corrected chi connectivity index (χ4v) is 2.91. The first-order valence-corrected chi connectivity index (χ1v) is 9.11. The van der Waals surface area contributed by atoms with Gasteiger partial charge in [0.05, 0.1) is 12.0 Å². The van der Waals surface area contributed by atoms with Crippen LogP contribution in [-0.2, 0) is 4.79 Å². The molecule has 9 heteroatoms. The number of hydrogen-bond acceptors (Lipinski definition) is 6. The first-order valence-electron chi connectivity index (χ1n) is 8.12. The maximum atomic E-state index is 11.8. The van der Waals surface area contributed by atoms with E-state index >= 15 is 0 Å². The number of anilines is 1. The van der Waals surface area contributed by atoms with Gasteiger partial charge in [0.1, 0.15) is 0 Å². The molecule has 2 aromatic heterocycles. The lowest BCUT2D eigenvalue weighted by Gasteiger charge is -2.19. The van der Waals surface area contributed by atoms with Crippen LogP contribution in [0.15, 0.2) is 40.7 Å². The van der Waals surface area contributed by atoms with Gasteiger partial charge in [-0.25, -0.2) is 10.5 Å². The van der Waals surface area contributed by atoms with Crippen molar-refractivity contribution in [2.75, 3.05) is 11.2 Å². The predicted octanol–water partition coefficient (Wildman–Crippen LogP) is 2.74. The van der Waals surface area contributed by atoms with E-state index in [4.69, 9.17) is 0 Å². The number of nitrogens with one attached hydrogen (secondary N) is 4. The zero-order chi connectivity index (χ0) is 18.6. The third kappa shape index (κ3) is 4.85. The standard InChI is InChI=1S/C17H21N7OS/c1-17(2,3)21-14(25)10-26-16-20-15(23-24-16)22-19-9-11-8-18-13-7-5-4-6-12(11)13/h4-9,18H,10H2,1-3H3,(H,21,25)(H2,20,22,23,24)/b19-9-. The van der Waals surface area contributed by atoms with Gasteiger partial charge in [-0.15, -0.1) is 5.10 Å². The summed E-state index contributed by atoms with van der Waals surface area (Å²) in [6.45, 7) is 5.82. The van der Waals surface area contributed by atoms with Gasteiger partial charge >= 0.3 is 0 Å². The molecule has 8 nitrogen and oxygen atoms in total. The number of thioether (sulfide) groups is 1. The summed E-state index contributed by atoms with van der Waals surface area (Å²) >= 11 is 1.26. The van der Waals surface area contributed by atoms with Gasteiger partial charge in [-0.2, -0.15) is 10.1 Å². The molecule has 0 spiro atoms. The molecule has 4 N–H and O–H groups in total. The third-order valence-corrected chi connectivity index (χ3v) is 4.15. The van der Waals surface area contributed by atoms with Crippen LogP contribution in [0.5, 0.6) is 0 Å². The highest BCUT2D eigenvalue weighted by atomic mass is 32.2. The van der Waals surface area contributed by atoms with Crippen molar-refractivity contribution < 1.29 is 4.79 Å². The van der Waals surface area contributed by atoms with Gasteiger partial charge in [0.2, 0.25) is 17.0 Å². The Kier molecular flexibility index (Phi) is 5.27. The summed E-state index contributed by atoms with van der Waals surface area (Å²) < 4.78 is 0. The molecule has 0 atom stereocenters. The number of hydrazone groups is 1. The quantitative estimate of drug-likeness (QED) is 0.302. The SMILES string of the molecule is CC(C)(C)NC(=O)CSc1n[nH]c(N/N=C\c2c[nH]c3ccccc23)n1. The van der Waals surface area contributed by atoms with Crippen LogP contribution in [0.2, 0.25) is 0 Å². The zero-order valence-corrected chi connectivity index (χ0v) is 15.6. The Bertz CT molecular complexity index is 922. The van der Waals surface area contributed by atoms with E-state index in [9.17, 15) is 4.79 Å². The maximum absolute atomic E-state index is 11.8. The molecule has 1 aromatic carbocycles. The average Bonchev–Trinajstić information content (AvgIpc) is 3.19. The van der Waals surface area contributed by atoms with Gasteiger partial charge in [-0.05, 0) is 26.8 Å². The van der Waals surface area contributed by atoms with Gasteiger partial charge in [0.25, 0.3) is 0 Å². The normalized spacial score (nSPS) is 12.0. The lowest BCUT2D eigenvalue weighted by Crippen LogP contribution is -2.41. The van der Waals surface area contributed by atoms with Crippen molar-refractivity contribution in [3.63, 3.8) is 0 Å². The van der Waals surface area contributed by atoms with E-state index in [-0.39, 0.29) is 17.2 Å². The fourth-order valence-electron chi connectivity index (χ4n) is 2.31. The number of fused-ring (bicyclic) bond motifs is 1. The molecule has 0 unspecified atom stereocenters.